The maximum atomic E-state index is 12.4. The first-order valence-electron chi connectivity index (χ1n) is 8.73. The van der Waals surface area contributed by atoms with E-state index in [-0.39, 0.29) is 10.8 Å². The molecule has 0 fully saturated rings. The molecule has 0 spiro atoms. The standard InChI is InChI=1S/C21H17BrClN3O3S/c1-14(25-26-30(28,29)20-11-7-17(22)8-12-20)16-3-2-4-19(13-16)24-21(27)15-5-9-18(23)10-6-15/h2-13,26H,1H3,(H,24,27)/b25-14-. The monoisotopic (exact) mass is 505 g/mol. The normalized spacial score (nSPS) is 11.8. The number of nitrogens with one attached hydrogen (secondary N) is 2. The lowest BCUT2D eigenvalue weighted by molar-refractivity contribution is 0.102. The molecule has 154 valence electrons. The third-order valence-corrected chi connectivity index (χ3v) is 6.11. The summed E-state index contributed by atoms with van der Waals surface area (Å²) in [5.41, 5.74) is 2.12. The van der Waals surface area contributed by atoms with Gasteiger partial charge in [-0.05, 0) is 73.2 Å². The predicted octanol–water partition coefficient (Wildman–Crippen LogP) is 5.06. The molecule has 0 aliphatic heterocycles. The van der Waals surface area contributed by atoms with Gasteiger partial charge in [0.15, 0.2) is 0 Å². The quantitative estimate of drug-likeness (QED) is 0.362. The van der Waals surface area contributed by atoms with Gasteiger partial charge in [-0.2, -0.15) is 18.4 Å². The van der Waals surface area contributed by atoms with E-state index in [1.807, 2.05) is 0 Å². The number of amides is 1. The molecule has 0 heterocycles. The molecule has 0 atom stereocenters. The van der Waals surface area contributed by atoms with Gasteiger partial charge in [-0.15, -0.1) is 0 Å². The summed E-state index contributed by atoms with van der Waals surface area (Å²) < 4.78 is 25.5. The Hall–Kier alpha value is -2.68. The Labute approximate surface area is 188 Å². The van der Waals surface area contributed by atoms with Gasteiger partial charge in [0, 0.05) is 20.7 Å². The fourth-order valence-corrected chi connectivity index (χ4v) is 3.73. The van der Waals surface area contributed by atoms with Crippen molar-refractivity contribution in [1.29, 1.82) is 0 Å². The fourth-order valence-electron chi connectivity index (χ4n) is 2.49. The molecule has 3 aromatic carbocycles. The van der Waals surface area contributed by atoms with E-state index in [2.05, 4.69) is 31.2 Å². The first-order valence-corrected chi connectivity index (χ1v) is 11.4. The molecule has 0 saturated heterocycles. The van der Waals surface area contributed by atoms with Crippen molar-refractivity contribution in [1.82, 2.24) is 4.83 Å². The van der Waals surface area contributed by atoms with Crippen molar-refractivity contribution in [2.24, 2.45) is 5.10 Å². The lowest BCUT2D eigenvalue weighted by atomic mass is 10.1. The molecule has 0 saturated carbocycles. The van der Waals surface area contributed by atoms with Crippen LogP contribution < -0.4 is 10.1 Å². The molecule has 1 amide bonds. The Bertz CT molecular complexity index is 1190. The summed E-state index contributed by atoms with van der Waals surface area (Å²) in [6, 6.07) is 19.7. The molecule has 6 nitrogen and oxygen atoms in total. The van der Waals surface area contributed by atoms with Crippen molar-refractivity contribution in [3.8, 4) is 0 Å². The van der Waals surface area contributed by atoms with Gasteiger partial charge in [-0.25, -0.2) is 0 Å². The molecule has 3 rings (SSSR count). The Morgan fingerprint density at radius 3 is 2.30 bits per heavy atom. The number of nitrogens with zero attached hydrogens (tertiary/aromatic N) is 1. The third-order valence-electron chi connectivity index (χ3n) is 4.10. The van der Waals surface area contributed by atoms with Crippen LogP contribution in [0.15, 0.2) is 87.3 Å². The number of carbonyl (C=O) groups excluding carboxylic acids is 1. The Morgan fingerprint density at radius 2 is 1.63 bits per heavy atom. The largest absolute Gasteiger partial charge is 0.322 e. The summed E-state index contributed by atoms with van der Waals surface area (Å²) in [4.78, 5) is 14.7. The van der Waals surface area contributed by atoms with Crippen LogP contribution in [-0.2, 0) is 10.0 Å². The lowest BCUT2D eigenvalue weighted by Crippen LogP contribution is -2.20. The van der Waals surface area contributed by atoms with E-state index < -0.39 is 10.0 Å². The second-order valence-corrected chi connectivity index (χ2v) is 9.30. The number of benzene rings is 3. The number of rotatable bonds is 6. The molecular formula is C21H17BrClN3O3S. The zero-order valence-corrected chi connectivity index (χ0v) is 18.9. The summed E-state index contributed by atoms with van der Waals surface area (Å²) in [6.45, 7) is 1.67. The van der Waals surface area contributed by atoms with Crippen molar-refractivity contribution in [2.75, 3.05) is 5.32 Å². The molecule has 0 aliphatic rings. The van der Waals surface area contributed by atoms with E-state index in [9.17, 15) is 13.2 Å². The van der Waals surface area contributed by atoms with Gasteiger partial charge < -0.3 is 5.32 Å². The van der Waals surface area contributed by atoms with Crippen LogP contribution in [-0.4, -0.2) is 20.0 Å². The third kappa shape index (κ3) is 5.69. The van der Waals surface area contributed by atoms with Crippen molar-refractivity contribution in [3.05, 3.63) is 93.4 Å². The lowest BCUT2D eigenvalue weighted by Gasteiger charge is -2.09. The van der Waals surface area contributed by atoms with Crippen LogP contribution in [0.5, 0.6) is 0 Å². The smallest absolute Gasteiger partial charge is 0.276 e. The van der Waals surface area contributed by atoms with Crippen LogP contribution in [0.2, 0.25) is 5.02 Å². The highest BCUT2D eigenvalue weighted by molar-refractivity contribution is 9.10. The van der Waals surface area contributed by atoms with E-state index in [1.54, 1.807) is 67.6 Å². The van der Waals surface area contributed by atoms with E-state index >= 15 is 0 Å². The number of carbonyl (C=O) groups is 1. The van der Waals surface area contributed by atoms with Crippen LogP contribution in [0.4, 0.5) is 5.69 Å². The average molecular weight is 507 g/mol. The minimum absolute atomic E-state index is 0.103. The summed E-state index contributed by atoms with van der Waals surface area (Å²) in [7, 11) is -3.79. The summed E-state index contributed by atoms with van der Waals surface area (Å²) in [6.07, 6.45) is 0. The molecule has 0 aliphatic carbocycles. The van der Waals surface area contributed by atoms with E-state index in [1.165, 1.54) is 12.1 Å². The van der Waals surface area contributed by atoms with Gasteiger partial charge in [0.1, 0.15) is 0 Å². The van der Waals surface area contributed by atoms with Gasteiger partial charge in [0.25, 0.3) is 15.9 Å². The van der Waals surface area contributed by atoms with Crippen LogP contribution in [0.3, 0.4) is 0 Å². The highest BCUT2D eigenvalue weighted by Gasteiger charge is 2.13. The number of hydrogen-bond donors (Lipinski definition) is 2. The zero-order valence-electron chi connectivity index (χ0n) is 15.8. The molecule has 0 aromatic heterocycles. The number of hydrazone groups is 1. The van der Waals surface area contributed by atoms with E-state index in [4.69, 9.17) is 11.6 Å². The fraction of sp³-hybridized carbons (Fsp3) is 0.0476. The summed E-state index contributed by atoms with van der Waals surface area (Å²) in [5.74, 6) is -0.283. The van der Waals surface area contributed by atoms with Gasteiger partial charge >= 0.3 is 0 Å². The first-order chi connectivity index (χ1) is 14.2. The van der Waals surface area contributed by atoms with Crippen LogP contribution >= 0.6 is 27.5 Å². The predicted molar refractivity (Wildman–Crippen MR) is 123 cm³/mol. The second kappa shape index (κ2) is 9.42. The number of hydrogen-bond acceptors (Lipinski definition) is 4. The molecule has 30 heavy (non-hydrogen) atoms. The maximum absolute atomic E-state index is 12.4. The number of sulfonamides is 1. The van der Waals surface area contributed by atoms with Crippen molar-refractivity contribution < 1.29 is 13.2 Å². The summed E-state index contributed by atoms with van der Waals surface area (Å²) in [5, 5.41) is 7.34. The first kappa shape index (κ1) is 22.0. The van der Waals surface area contributed by atoms with E-state index in [0.717, 1.165) is 4.47 Å². The molecule has 0 radical (unpaired) electrons. The second-order valence-electron chi connectivity index (χ2n) is 6.29. The molecule has 0 bridgehead atoms. The highest BCUT2D eigenvalue weighted by Crippen LogP contribution is 2.16. The number of halogens is 2. The van der Waals surface area contributed by atoms with Crippen molar-refractivity contribution >= 4 is 54.9 Å². The van der Waals surface area contributed by atoms with Gasteiger partial charge in [-0.3, -0.25) is 4.79 Å². The highest BCUT2D eigenvalue weighted by atomic mass is 79.9. The molecule has 3 aromatic rings. The topological polar surface area (TPSA) is 87.6 Å². The van der Waals surface area contributed by atoms with Crippen molar-refractivity contribution in [3.63, 3.8) is 0 Å². The van der Waals surface area contributed by atoms with Crippen molar-refractivity contribution in [2.45, 2.75) is 11.8 Å². The molecule has 9 heteroatoms. The number of anilines is 1. The summed E-state index contributed by atoms with van der Waals surface area (Å²) >= 11 is 9.11. The van der Waals surface area contributed by atoms with Gasteiger partial charge in [0.05, 0.1) is 10.6 Å². The van der Waals surface area contributed by atoms with Gasteiger partial charge in [-0.1, -0.05) is 39.7 Å². The Morgan fingerprint density at radius 1 is 0.967 bits per heavy atom. The van der Waals surface area contributed by atoms with Crippen LogP contribution in [0, 0.1) is 0 Å². The SMILES string of the molecule is C/C(=N/NS(=O)(=O)c1ccc(Br)cc1)c1cccc(NC(=O)c2ccc(Cl)cc2)c1. The van der Waals surface area contributed by atoms with E-state index in [0.29, 0.717) is 27.5 Å². The Balaban J connectivity index is 1.73. The minimum atomic E-state index is -3.79. The van der Waals surface area contributed by atoms with Crippen LogP contribution in [0.25, 0.3) is 0 Å². The Kier molecular flexibility index (Phi) is 6.91. The zero-order chi connectivity index (χ0) is 21.7. The molecule has 2 N–H and O–H groups in total. The minimum Gasteiger partial charge on any atom is -0.322 e. The van der Waals surface area contributed by atoms with Gasteiger partial charge in [0.2, 0.25) is 0 Å². The maximum Gasteiger partial charge on any atom is 0.276 e. The molecular weight excluding hydrogens is 490 g/mol. The molecule has 0 unspecified atom stereocenters. The van der Waals surface area contributed by atoms with Crippen LogP contribution in [0.1, 0.15) is 22.8 Å². The average Bonchev–Trinajstić information content (AvgIpc) is 2.73.